The van der Waals surface area contributed by atoms with E-state index in [4.69, 9.17) is 21.4 Å². The molecule has 3 N–H and O–H groups in total. The van der Waals surface area contributed by atoms with Gasteiger partial charge in [-0.15, -0.1) is 0 Å². The van der Waals surface area contributed by atoms with Crippen LogP contribution in [0.4, 0.5) is 0 Å². The molecule has 0 spiro atoms. The summed E-state index contributed by atoms with van der Waals surface area (Å²) < 4.78 is 11.8. The Morgan fingerprint density at radius 1 is 1.40 bits per heavy atom. The van der Waals surface area contributed by atoms with Crippen LogP contribution in [0, 0.1) is 0 Å². The second kappa shape index (κ2) is 3.61. The molecular formula is C8H6BrClNO3P. The lowest BCUT2D eigenvalue weighted by Gasteiger charge is -1.99. The van der Waals surface area contributed by atoms with E-state index >= 15 is 0 Å². The van der Waals surface area contributed by atoms with E-state index in [9.17, 15) is 4.57 Å². The lowest BCUT2D eigenvalue weighted by Crippen LogP contribution is -2.05. The first-order valence-corrected chi connectivity index (χ1v) is 6.71. The second-order valence-electron chi connectivity index (χ2n) is 2.99. The molecule has 0 bridgehead atoms. The molecule has 0 unspecified atom stereocenters. The van der Waals surface area contributed by atoms with Crippen molar-refractivity contribution in [2.45, 2.75) is 0 Å². The predicted octanol–water partition coefficient (Wildman–Crippen LogP) is 2.39. The molecule has 0 saturated heterocycles. The van der Waals surface area contributed by atoms with Gasteiger partial charge in [0.15, 0.2) is 0 Å². The molecular weight excluding hydrogens is 304 g/mol. The number of aromatic amines is 1. The van der Waals surface area contributed by atoms with Crippen molar-refractivity contribution in [3.8, 4) is 0 Å². The molecule has 4 nitrogen and oxygen atoms in total. The summed E-state index contributed by atoms with van der Waals surface area (Å²) in [5.74, 6) is 0. The molecule has 0 atom stereocenters. The van der Waals surface area contributed by atoms with Crippen LogP contribution >= 0.6 is 35.1 Å². The van der Waals surface area contributed by atoms with Crippen LogP contribution in [0.2, 0.25) is 5.02 Å². The third-order valence-electron chi connectivity index (χ3n) is 1.99. The highest BCUT2D eigenvalue weighted by Crippen LogP contribution is 2.40. The van der Waals surface area contributed by atoms with Crippen LogP contribution in [0.1, 0.15) is 0 Å². The Bertz CT molecular complexity index is 577. The Morgan fingerprint density at radius 2 is 2.07 bits per heavy atom. The Morgan fingerprint density at radius 3 is 2.60 bits per heavy atom. The molecule has 0 aliphatic carbocycles. The number of nitrogens with one attached hydrogen (secondary N) is 1. The summed E-state index contributed by atoms with van der Waals surface area (Å²) in [4.78, 5) is 20.7. The monoisotopic (exact) mass is 309 g/mol. The van der Waals surface area contributed by atoms with Crippen LogP contribution in [0.15, 0.2) is 22.7 Å². The van der Waals surface area contributed by atoms with Crippen molar-refractivity contribution in [2.75, 3.05) is 0 Å². The van der Waals surface area contributed by atoms with E-state index in [0.717, 1.165) is 0 Å². The molecule has 0 saturated carbocycles. The highest BCUT2D eigenvalue weighted by Gasteiger charge is 2.25. The van der Waals surface area contributed by atoms with E-state index in [-0.39, 0.29) is 10.5 Å². The van der Waals surface area contributed by atoms with E-state index in [2.05, 4.69) is 20.9 Å². The van der Waals surface area contributed by atoms with Gasteiger partial charge >= 0.3 is 7.60 Å². The van der Waals surface area contributed by atoms with Gasteiger partial charge in [-0.3, -0.25) is 4.57 Å². The Labute approximate surface area is 98.5 Å². The lowest BCUT2D eigenvalue weighted by atomic mass is 10.2. The molecule has 80 valence electrons. The van der Waals surface area contributed by atoms with E-state index < -0.39 is 7.60 Å². The standard InChI is InChI=1S/C8H6BrClNO3P/c9-4-2-1-3-5-6(4)7(10)8(11-5)15(12,13)14/h1-3,11H,(H2,12,13,14). The highest BCUT2D eigenvalue weighted by atomic mass is 79.9. The average molecular weight is 310 g/mol. The van der Waals surface area contributed by atoms with Crippen molar-refractivity contribution >= 4 is 51.5 Å². The number of benzene rings is 1. The third-order valence-corrected chi connectivity index (χ3v) is 4.07. The van der Waals surface area contributed by atoms with E-state index in [0.29, 0.717) is 15.4 Å². The van der Waals surface area contributed by atoms with Crippen LogP contribution in [-0.2, 0) is 4.57 Å². The first-order valence-electron chi connectivity index (χ1n) is 3.93. The molecule has 2 aromatic rings. The molecule has 0 aliphatic heterocycles. The molecule has 0 fully saturated rings. The van der Waals surface area contributed by atoms with Gasteiger partial charge in [-0.25, -0.2) is 0 Å². The Balaban J connectivity index is 2.88. The highest BCUT2D eigenvalue weighted by molar-refractivity contribution is 9.10. The van der Waals surface area contributed by atoms with Crippen molar-refractivity contribution in [1.29, 1.82) is 0 Å². The smallest absolute Gasteiger partial charge is 0.347 e. The van der Waals surface area contributed by atoms with Crippen molar-refractivity contribution in [3.05, 3.63) is 27.7 Å². The van der Waals surface area contributed by atoms with Gasteiger partial charge in [-0.2, -0.15) is 0 Å². The van der Waals surface area contributed by atoms with E-state index in [1.54, 1.807) is 18.2 Å². The number of fused-ring (bicyclic) bond motifs is 1. The fraction of sp³-hybridized carbons (Fsp3) is 0. The van der Waals surface area contributed by atoms with Crippen molar-refractivity contribution in [2.24, 2.45) is 0 Å². The zero-order valence-corrected chi connectivity index (χ0v) is 10.5. The van der Waals surface area contributed by atoms with Crippen molar-refractivity contribution in [1.82, 2.24) is 4.98 Å². The summed E-state index contributed by atoms with van der Waals surface area (Å²) >= 11 is 9.16. The van der Waals surface area contributed by atoms with Gasteiger partial charge in [0, 0.05) is 15.4 Å². The summed E-state index contributed by atoms with van der Waals surface area (Å²) in [7, 11) is -4.36. The molecule has 1 aromatic heterocycles. The second-order valence-corrected chi connectivity index (χ2v) is 5.76. The zero-order chi connectivity index (χ0) is 11.2. The zero-order valence-electron chi connectivity index (χ0n) is 7.24. The number of halogens is 2. The first-order chi connectivity index (χ1) is 6.91. The van der Waals surface area contributed by atoms with Gasteiger partial charge in [0.1, 0.15) is 5.44 Å². The van der Waals surface area contributed by atoms with Gasteiger partial charge in [-0.1, -0.05) is 33.6 Å². The number of hydrogen-bond donors (Lipinski definition) is 3. The Hall–Kier alpha value is -0.320. The van der Waals surface area contributed by atoms with E-state index in [1.807, 2.05) is 0 Å². The summed E-state index contributed by atoms with van der Waals surface area (Å²) in [6.07, 6.45) is 0. The van der Waals surface area contributed by atoms with Crippen molar-refractivity contribution < 1.29 is 14.4 Å². The molecule has 0 amide bonds. The summed E-state index contributed by atoms with van der Waals surface area (Å²) in [6.45, 7) is 0. The lowest BCUT2D eigenvalue weighted by molar-refractivity contribution is 0.386. The minimum Gasteiger partial charge on any atom is -0.347 e. The number of H-pyrrole nitrogens is 1. The minimum absolute atomic E-state index is 0.0609. The summed E-state index contributed by atoms with van der Waals surface area (Å²) in [6, 6.07) is 5.21. The van der Waals surface area contributed by atoms with Crippen LogP contribution in [0.5, 0.6) is 0 Å². The number of hydrogen-bond acceptors (Lipinski definition) is 1. The molecule has 7 heteroatoms. The Kier molecular flexibility index (Phi) is 2.69. The predicted molar refractivity (Wildman–Crippen MR) is 62.7 cm³/mol. The topological polar surface area (TPSA) is 73.3 Å². The van der Waals surface area contributed by atoms with Crippen LogP contribution < -0.4 is 5.44 Å². The maximum atomic E-state index is 11.1. The van der Waals surface area contributed by atoms with Crippen LogP contribution in [0.3, 0.4) is 0 Å². The number of aromatic nitrogens is 1. The summed E-state index contributed by atoms with van der Waals surface area (Å²) in [5.41, 5.74) is 0.346. The van der Waals surface area contributed by atoms with Gasteiger partial charge in [0.05, 0.1) is 5.02 Å². The molecule has 0 aliphatic rings. The maximum Gasteiger partial charge on any atom is 0.373 e. The normalized spacial score (nSPS) is 12.3. The van der Waals surface area contributed by atoms with Gasteiger partial charge in [-0.05, 0) is 12.1 Å². The van der Waals surface area contributed by atoms with Gasteiger partial charge < -0.3 is 14.8 Å². The molecule has 0 radical (unpaired) electrons. The largest absolute Gasteiger partial charge is 0.373 e. The van der Waals surface area contributed by atoms with Gasteiger partial charge in [0.2, 0.25) is 0 Å². The third kappa shape index (κ3) is 1.86. The maximum absolute atomic E-state index is 11.1. The molecule has 2 rings (SSSR count). The molecule has 1 heterocycles. The number of rotatable bonds is 1. The fourth-order valence-electron chi connectivity index (χ4n) is 1.35. The average Bonchev–Trinajstić information content (AvgIpc) is 2.44. The van der Waals surface area contributed by atoms with Crippen LogP contribution in [-0.4, -0.2) is 14.8 Å². The first kappa shape index (κ1) is 11.2. The molecule has 15 heavy (non-hydrogen) atoms. The van der Waals surface area contributed by atoms with Gasteiger partial charge in [0.25, 0.3) is 0 Å². The van der Waals surface area contributed by atoms with E-state index in [1.165, 1.54) is 0 Å². The van der Waals surface area contributed by atoms with Crippen LogP contribution in [0.25, 0.3) is 10.9 Å². The SMILES string of the molecule is O=P(O)(O)c1[nH]c2cccc(Br)c2c1Cl. The minimum atomic E-state index is -4.36. The van der Waals surface area contributed by atoms with Crippen molar-refractivity contribution in [3.63, 3.8) is 0 Å². The quantitative estimate of drug-likeness (QED) is 0.708. The fourth-order valence-corrected chi connectivity index (χ4v) is 3.25. The summed E-state index contributed by atoms with van der Waals surface area (Å²) in [5, 5.41) is 0.642. The molecule has 1 aromatic carbocycles.